The molecule has 8 heteroatoms. The minimum atomic E-state index is -0.457. The van der Waals surface area contributed by atoms with Gasteiger partial charge in [-0.1, -0.05) is 25.7 Å². The van der Waals surface area contributed by atoms with Crippen LogP contribution in [0.15, 0.2) is 4.99 Å². The van der Waals surface area contributed by atoms with Crippen LogP contribution in [0.5, 0.6) is 0 Å². The Hall–Kier alpha value is -0.770. The number of alkyl carbamates (subject to hydrolysis) is 1. The second kappa shape index (κ2) is 14.3. The van der Waals surface area contributed by atoms with Gasteiger partial charge in [-0.25, -0.2) is 4.79 Å². The summed E-state index contributed by atoms with van der Waals surface area (Å²) in [6.07, 6.45) is 11.7. The Morgan fingerprint density at radius 3 is 2.03 bits per heavy atom. The van der Waals surface area contributed by atoms with Gasteiger partial charge >= 0.3 is 6.09 Å². The molecule has 0 saturated heterocycles. The normalized spacial score (nSPS) is 23.7. The van der Waals surface area contributed by atoms with E-state index in [0.717, 1.165) is 44.8 Å². The SMILES string of the molecule is CN=C(NCCOC1CCCCCC1)NC1CCC(NC(=O)OC(C)(C)C)CC1.I. The standard InChI is InChI=1S/C22H42N4O3.HI/c1-22(2,3)29-21(27)26-18-13-11-17(12-14-18)25-20(23-4)24-15-16-28-19-9-7-5-6-8-10-19;/h17-19H,5-16H2,1-4H3,(H,26,27)(H2,23,24,25);1H. The molecule has 0 heterocycles. The van der Waals surface area contributed by atoms with Crippen LogP contribution < -0.4 is 16.0 Å². The number of hydrogen-bond acceptors (Lipinski definition) is 4. The van der Waals surface area contributed by atoms with Crippen LogP contribution >= 0.6 is 24.0 Å². The summed E-state index contributed by atoms with van der Waals surface area (Å²) < 4.78 is 11.4. The molecule has 2 fully saturated rings. The maximum absolute atomic E-state index is 11.9. The maximum atomic E-state index is 11.9. The third-order valence-corrected chi connectivity index (χ3v) is 5.56. The van der Waals surface area contributed by atoms with E-state index >= 15 is 0 Å². The zero-order valence-electron chi connectivity index (χ0n) is 19.3. The highest BCUT2D eigenvalue weighted by molar-refractivity contribution is 14.0. The van der Waals surface area contributed by atoms with Crippen molar-refractivity contribution in [2.24, 2.45) is 4.99 Å². The molecule has 0 aromatic heterocycles. The zero-order chi connectivity index (χ0) is 21.1. The zero-order valence-corrected chi connectivity index (χ0v) is 21.6. The number of halogens is 1. The Balaban J connectivity index is 0.00000450. The first-order valence-electron chi connectivity index (χ1n) is 11.4. The Morgan fingerprint density at radius 1 is 0.933 bits per heavy atom. The molecule has 2 aliphatic carbocycles. The Labute approximate surface area is 199 Å². The van der Waals surface area contributed by atoms with Crippen LogP contribution in [0.1, 0.15) is 85.0 Å². The van der Waals surface area contributed by atoms with E-state index in [9.17, 15) is 4.79 Å². The number of nitrogens with zero attached hydrogens (tertiary/aromatic N) is 1. The maximum Gasteiger partial charge on any atom is 0.407 e. The molecule has 0 radical (unpaired) electrons. The van der Waals surface area contributed by atoms with Crippen LogP contribution in [0.3, 0.4) is 0 Å². The highest BCUT2D eigenvalue weighted by Crippen LogP contribution is 2.20. The number of rotatable bonds is 6. The number of hydrogen-bond donors (Lipinski definition) is 3. The number of aliphatic imine (C=N–C) groups is 1. The fraction of sp³-hybridized carbons (Fsp3) is 0.909. The van der Waals surface area contributed by atoms with E-state index in [0.29, 0.717) is 12.1 Å². The monoisotopic (exact) mass is 538 g/mol. The lowest BCUT2D eigenvalue weighted by Gasteiger charge is -2.31. The van der Waals surface area contributed by atoms with Gasteiger partial charge in [0.15, 0.2) is 5.96 Å². The molecule has 2 aliphatic rings. The van der Waals surface area contributed by atoms with Gasteiger partial charge in [-0.15, -0.1) is 24.0 Å². The predicted octanol–water partition coefficient (Wildman–Crippen LogP) is 4.34. The van der Waals surface area contributed by atoms with Gasteiger partial charge in [0.2, 0.25) is 0 Å². The second-order valence-corrected chi connectivity index (χ2v) is 9.32. The van der Waals surface area contributed by atoms with E-state index in [4.69, 9.17) is 9.47 Å². The van der Waals surface area contributed by atoms with Crippen molar-refractivity contribution in [2.45, 2.75) is 109 Å². The van der Waals surface area contributed by atoms with Gasteiger partial charge < -0.3 is 25.4 Å². The molecule has 0 aliphatic heterocycles. The molecule has 30 heavy (non-hydrogen) atoms. The number of carbonyl (C=O) groups is 1. The molecule has 3 N–H and O–H groups in total. The molecule has 0 bridgehead atoms. The van der Waals surface area contributed by atoms with Gasteiger partial charge in [0.05, 0.1) is 12.7 Å². The van der Waals surface area contributed by atoms with Crippen LogP contribution in [-0.4, -0.2) is 56.0 Å². The second-order valence-electron chi connectivity index (χ2n) is 9.32. The largest absolute Gasteiger partial charge is 0.444 e. The molecule has 0 aromatic carbocycles. The summed E-state index contributed by atoms with van der Waals surface area (Å²) in [6.45, 7) is 7.14. The first-order chi connectivity index (χ1) is 13.9. The quantitative estimate of drug-likeness (QED) is 0.154. The van der Waals surface area contributed by atoms with Gasteiger partial charge in [0, 0.05) is 25.7 Å². The van der Waals surface area contributed by atoms with Crippen molar-refractivity contribution in [3.05, 3.63) is 0 Å². The average molecular weight is 539 g/mol. The number of ether oxygens (including phenoxy) is 2. The topological polar surface area (TPSA) is 84.0 Å². The van der Waals surface area contributed by atoms with Gasteiger partial charge in [0.1, 0.15) is 5.60 Å². The average Bonchev–Trinajstić information content (AvgIpc) is 2.93. The molecule has 2 rings (SSSR count). The number of amides is 1. The number of carbonyl (C=O) groups excluding carboxylic acids is 1. The highest BCUT2D eigenvalue weighted by Gasteiger charge is 2.25. The Morgan fingerprint density at radius 2 is 1.50 bits per heavy atom. The smallest absolute Gasteiger partial charge is 0.407 e. The van der Waals surface area contributed by atoms with Crippen LogP contribution in [0.2, 0.25) is 0 Å². The van der Waals surface area contributed by atoms with Crippen molar-refractivity contribution in [3.8, 4) is 0 Å². The third-order valence-electron chi connectivity index (χ3n) is 5.56. The van der Waals surface area contributed by atoms with Crippen molar-refractivity contribution >= 4 is 36.0 Å². The summed E-state index contributed by atoms with van der Waals surface area (Å²) >= 11 is 0. The van der Waals surface area contributed by atoms with Gasteiger partial charge in [0.25, 0.3) is 0 Å². The lowest BCUT2D eigenvalue weighted by Crippen LogP contribution is -2.48. The molecule has 0 atom stereocenters. The molecule has 1 amide bonds. The molecule has 0 spiro atoms. The summed E-state index contributed by atoms with van der Waals surface area (Å²) in [5.74, 6) is 0.831. The van der Waals surface area contributed by atoms with E-state index in [1.807, 2.05) is 20.8 Å². The van der Waals surface area contributed by atoms with E-state index in [2.05, 4.69) is 20.9 Å². The third kappa shape index (κ3) is 11.6. The van der Waals surface area contributed by atoms with Crippen LogP contribution in [0.25, 0.3) is 0 Å². The fourth-order valence-corrected chi connectivity index (χ4v) is 4.05. The molecule has 176 valence electrons. The van der Waals surface area contributed by atoms with Crippen molar-refractivity contribution < 1.29 is 14.3 Å². The number of nitrogens with one attached hydrogen (secondary N) is 3. The lowest BCUT2D eigenvalue weighted by molar-refractivity contribution is 0.0467. The fourth-order valence-electron chi connectivity index (χ4n) is 4.05. The van der Waals surface area contributed by atoms with E-state index in [-0.39, 0.29) is 36.1 Å². The minimum absolute atomic E-state index is 0. The van der Waals surface area contributed by atoms with Gasteiger partial charge in [-0.05, 0) is 59.3 Å². The minimum Gasteiger partial charge on any atom is -0.444 e. The first kappa shape index (κ1) is 27.3. The molecular weight excluding hydrogens is 495 g/mol. The van der Waals surface area contributed by atoms with E-state index in [1.165, 1.54) is 38.5 Å². The van der Waals surface area contributed by atoms with Crippen molar-refractivity contribution in [3.63, 3.8) is 0 Å². The number of guanidine groups is 1. The van der Waals surface area contributed by atoms with E-state index < -0.39 is 5.60 Å². The molecule has 7 nitrogen and oxygen atoms in total. The van der Waals surface area contributed by atoms with E-state index in [1.54, 1.807) is 7.05 Å². The van der Waals surface area contributed by atoms with Crippen LogP contribution in [0, 0.1) is 0 Å². The molecular formula is C22H43IN4O3. The molecule has 0 unspecified atom stereocenters. The summed E-state index contributed by atoms with van der Waals surface area (Å²) in [6, 6.07) is 0.562. The predicted molar refractivity (Wildman–Crippen MR) is 133 cm³/mol. The summed E-state index contributed by atoms with van der Waals surface area (Å²) in [7, 11) is 1.80. The Bertz CT molecular complexity index is 509. The summed E-state index contributed by atoms with van der Waals surface area (Å²) in [4.78, 5) is 16.3. The molecule has 0 aromatic rings. The highest BCUT2D eigenvalue weighted by atomic mass is 127. The van der Waals surface area contributed by atoms with Crippen molar-refractivity contribution in [1.82, 2.24) is 16.0 Å². The lowest BCUT2D eigenvalue weighted by atomic mass is 9.91. The van der Waals surface area contributed by atoms with Gasteiger partial charge in [-0.2, -0.15) is 0 Å². The molecule has 2 saturated carbocycles. The van der Waals surface area contributed by atoms with Gasteiger partial charge in [-0.3, -0.25) is 4.99 Å². The van der Waals surface area contributed by atoms with Crippen LogP contribution in [-0.2, 0) is 9.47 Å². The summed E-state index contributed by atoms with van der Waals surface area (Å²) in [5, 5.41) is 9.86. The van der Waals surface area contributed by atoms with Crippen LogP contribution in [0.4, 0.5) is 4.79 Å². The summed E-state index contributed by atoms with van der Waals surface area (Å²) in [5.41, 5.74) is -0.457. The van der Waals surface area contributed by atoms with Crippen molar-refractivity contribution in [1.29, 1.82) is 0 Å². The van der Waals surface area contributed by atoms with Crippen molar-refractivity contribution in [2.75, 3.05) is 20.2 Å². The Kier molecular flexibility index (Phi) is 13.0. The first-order valence-corrected chi connectivity index (χ1v) is 11.4.